The maximum atomic E-state index is 10.5. The summed E-state index contributed by atoms with van der Waals surface area (Å²) >= 11 is 0. The molecule has 0 saturated carbocycles. The molecule has 0 bridgehead atoms. The van der Waals surface area contributed by atoms with E-state index in [4.69, 9.17) is 0 Å². The number of benzene rings is 1. The van der Waals surface area contributed by atoms with Gasteiger partial charge in [0.15, 0.2) is 12.6 Å². The predicted octanol–water partition coefficient (Wildman–Crippen LogP) is 1.14. The number of aldehydes is 1. The van der Waals surface area contributed by atoms with E-state index in [-0.39, 0.29) is 0 Å². The number of ether oxygens (including phenoxy) is 1. The summed E-state index contributed by atoms with van der Waals surface area (Å²) in [5.41, 5.74) is 0.946. The van der Waals surface area contributed by atoms with E-state index < -0.39 is 6.29 Å². The first-order valence-corrected chi connectivity index (χ1v) is 3.54. The summed E-state index contributed by atoms with van der Waals surface area (Å²) in [6, 6.07) is 6.75. The van der Waals surface area contributed by atoms with Crippen LogP contribution in [0.4, 0.5) is 0 Å². The monoisotopic (exact) mass is 166 g/mol. The van der Waals surface area contributed by atoms with Gasteiger partial charge in [0, 0.05) is 18.2 Å². The second kappa shape index (κ2) is 3.99. The van der Waals surface area contributed by atoms with E-state index >= 15 is 0 Å². The summed E-state index contributed by atoms with van der Waals surface area (Å²) in [4.78, 5) is 10.5. The standard InChI is InChI=1S/C9H10O3/c1-12-9(11)8-5-3-2-4-7(8)6-10/h2-6,9,11H,1H3. The Morgan fingerprint density at radius 1 is 1.50 bits per heavy atom. The van der Waals surface area contributed by atoms with Gasteiger partial charge in [-0.3, -0.25) is 4.79 Å². The molecule has 0 amide bonds. The van der Waals surface area contributed by atoms with Crippen LogP contribution in [-0.4, -0.2) is 18.5 Å². The van der Waals surface area contributed by atoms with Gasteiger partial charge in [-0.05, 0) is 0 Å². The maximum absolute atomic E-state index is 10.5. The van der Waals surface area contributed by atoms with Crippen molar-refractivity contribution in [1.29, 1.82) is 0 Å². The lowest BCUT2D eigenvalue weighted by atomic mass is 10.1. The molecule has 3 nitrogen and oxygen atoms in total. The summed E-state index contributed by atoms with van der Waals surface area (Å²) in [5.74, 6) is 0. The van der Waals surface area contributed by atoms with Crippen LogP contribution >= 0.6 is 0 Å². The van der Waals surface area contributed by atoms with Crippen LogP contribution in [0.1, 0.15) is 22.2 Å². The minimum atomic E-state index is -1.02. The van der Waals surface area contributed by atoms with Crippen molar-refractivity contribution in [1.82, 2.24) is 0 Å². The molecule has 0 aliphatic rings. The molecule has 1 aromatic rings. The zero-order valence-corrected chi connectivity index (χ0v) is 6.73. The number of hydrogen-bond acceptors (Lipinski definition) is 3. The zero-order chi connectivity index (χ0) is 8.97. The first kappa shape index (κ1) is 8.90. The number of carbonyl (C=O) groups excluding carboxylic acids is 1. The molecule has 1 unspecified atom stereocenters. The van der Waals surface area contributed by atoms with Gasteiger partial charge in [-0.2, -0.15) is 0 Å². The third-order valence-corrected chi connectivity index (χ3v) is 1.61. The van der Waals surface area contributed by atoms with Gasteiger partial charge in [-0.25, -0.2) is 0 Å². The molecule has 0 fully saturated rings. The van der Waals surface area contributed by atoms with Crippen molar-refractivity contribution in [3.63, 3.8) is 0 Å². The number of methoxy groups -OCH3 is 1. The van der Waals surface area contributed by atoms with Gasteiger partial charge in [0.1, 0.15) is 0 Å². The molecule has 1 atom stereocenters. The first-order valence-electron chi connectivity index (χ1n) is 3.54. The number of aliphatic hydroxyl groups is 1. The summed E-state index contributed by atoms with van der Waals surface area (Å²) < 4.78 is 4.68. The summed E-state index contributed by atoms with van der Waals surface area (Å²) in [6.45, 7) is 0. The predicted molar refractivity (Wildman–Crippen MR) is 43.8 cm³/mol. The van der Waals surface area contributed by atoms with Crippen LogP contribution in [0.25, 0.3) is 0 Å². The third-order valence-electron chi connectivity index (χ3n) is 1.61. The van der Waals surface area contributed by atoms with Crippen molar-refractivity contribution in [3.05, 3.63) is 35.4 Å². The summed E-state index contributed by atoms with van der Waals surface area (Å²) in [6.07, 6.45) is -0.330. The molecule has 3 heteroatoms. The van der Waals surface area contributed by atoms with E-state index in [1.54, 1.807) is 24.3 Å². The van der Waals surface area contributed by atoms with Crippen LogP contribution in [-0.2, 0) is 4.74 Å². The average molecular weight is 166 g/mol. The molecule has 64 valence electrons. The Balaban J connectivity index is 3.04. The second-order valence-electron chi connectivity index (χ2n) is 2.33. The molecular weight excluding hydrogens is 156 g/mol. The summed E-state index contributed by atoms with van der Waals surface area (Å²) in [7, 11) is 1.38. The van der Waals surface area contributed by atoms with Gasteiger partial charge in [0.05, 0.1) is 0 Å². The van der Waals surface area contributed by atoms with Crippen molar-refractivity contribution in [2.45, 2.75) is 6.29 Å². The van der Waals surface area contributed by atoms with Gasteiger partial charge in [-0.15, -0.1) is 0 Å². The van der Waals surface area contributed by atoms with Crippen molar-refractivity contribution >= 4 is 6.29 Å². The lowest BCUT2D eigenvalue weighted by molar-refractivity contribution is -0.0771. The summed E-state index contributed by atoms with van der Waals surface area (Å²) in [5, 5.41) is 9.26. The first-order chi connectivity index (χ1) is 5.79. The lowest BCUT2D eigenvalue weighted by Crippen LogP contribution is -2.02. The van der Waals surface area contributed by atoms with E-state index in [9.17, 15) is 9.90 Å². The largest absolute Gasteiger partial charge is 0.364 e. The molecule has 0 aliphatic heterocycles. The Labute approximate surface area is 70.6 Å². The molecule has 1 N–H and O–H groups in total. The van der Waals surface area contributed by atoms with Crippen LogP contribution in [0.3, 0.4) is 0 Å². The van der Waals surface area contributed by atoms with E-state index in [0.29, 0.717) is 17.4 Å². The van der Waals surface area contributed by atoms with Crippen LogP contribution in [0.15, 0.2) is 24.3 Å². The van der Waals surface area contributed by atoms with Gasteiger partial charge in [0.25, 0.3) is 0 Å². The Bertz CT molecular complexity index is 270. The van der Waals surface area contributed by atoms with Crippen molar-refractivity contribution in [2.24, 2.45) is 0 Å². The van der Waals surface area contributed by atoms with Crippen LogP contribution in [0.5, 0.6) is 0 Å². The molecule has 0 spiro atoms. The molecule has 1 aromatic carbocycles. The Kier molecular flexibility index (Phi) is 2.96. The van der Waals surface area contributed by atoms with E-state index in [2.05, 4.69) is 4.74 Å². The highest BCUT2D eigenvalue weighted by atomic mass is 16.6. The van der Waals surface area contributed by atoms with Crippen LogP contribution in [0.2, 0.25) is 0 Å². The van der Waals surface area contributed by atoms with E-state index in [0.717, 1.165) is 0 Å². The SMILES string of the molecule is COC(O)c1ccccc1C=O. The highest BCUT2D eigenvalue weighted by Gasteiger charge is 2.09. The van der Waals surface area contributed by atoms with Gasteiger partial charge >= 0.3 is 0 Å². The number of carbonyl (C=O) groups is 1. The molecular formula is C9H10O3. The molecule has 12 heavy (non-hydrogen) atoms. The average Bonchev–Trinajstić information content (AvgIpc) is 2.16. The molecule has 0 saturated heterocycles. The van der Waals surface area contributed by atoms with Crippen molar-refractivity contribution in [2.75, 3.05) is 7.11 Å². The zero-order valence-electron chi connectivity index (χ0n) is 6.73. The quantitative estimate of drug-likeness (QED) is 0.541. The fourth-order valence-electron chi connectivity index (χ4n) is 0.970. The molecule has 0 aliphatic carbocycles. The molecule has 1 rings (SSSR count). The highest BCUT2D eigenvalue weighted by molar-refractivity contribution is 5.77. The highest BCUT2D eigenvalue weighted by Crippen LogP contribution is 2.16. The smallest absolute Gasteiger partial charge is 0.181 e. The van der Waals surface area contributed by atoms with Crippen molar-refractivity contribution in [3.8, 4) is 0 Å². The molecule has 0 heterocycles. The fraction of sp³-hybridized carbons (Fsp3) is 0.222. The number of rotatable bonds is 3. The normalized spacial score (nSPS) is 12.5. The van der Waals surface area contributed by atoms with Gasteiger partial charge < -0.3 is 9.84 Å². The van der Waals surface area contributed by atoms with Crippen LogP contribution in [0, 0.1) is 0 Å². The van der Waals surface area contributed by atoms with Gasteiger partial charge in [-0.1, -0.05) is 24.3 Å². The topological polar surface area (TPSA) is 46.5 Å². The minimum absolute atomic E-state index is 0.451. The lowest BCUT2D eigenvalue weighted by Gasteiger charge is -2.09. The number of aliphatic hydroxyl groups excluding tert-OH is 1. The molecule has 0 radical (unpaired) electrons. The number of hydrogen-bond donors (Lipinski definition) is 1. The van der Waals surface area contributed by atoms with Crippen LogP contribution < -0.4 is 0 Å². The Morgan fingerprint density at radius 2 is 2.17 bits per heavy atom. The van der Waals surface area contributed by atoms with E-state index in [1.807, 2.05) is 0 Å². The van der Waals surface area contributed by atoms with Gasteiger partial charge in [0.2, 0.25) is 0 Å². The fourth-order valence-corrected chi connectivity index (χ4v) is 0.970. The van der Waals surface area contributed by atoms with E-state index in [1.165, 1.54) is 7.11 Å². The minimum Gasteiger partial charge on any atom is -0.364 e. The third kappa shape index (κ3) is 1.69. The maximum Gasteiger partial charge on any atom is 0.181 e. The second-order valence-corrected chi connectivity index (χ2v) is 2.33. The Morgan fingerprint density at radius 3 is 2.75 bits per heavy atom. The Hall–Kier alpha value is -1.19. The van der Waals surface area contributed by atoms with Crippen molar-refractivity contribution < 1.29 is 14.6 Å². The molecule has 0 aromatic heterocycles.